The van der Waals surface area contributed by atoms with Crippen LogP contribution in [-0.2, 0) is 36.9 Å². The van der Waals surface area contributed by atoms with E-state index in [-0.39, 0.29) is 31.6 Å². The fourth-order valence-electron chi connectivity index (χ4n) is 3.37. The van der Waals surface area contributed by atoms with Gasteiger partial charge in [-0.25, -0.2) is 24.5 Å². The van der Waals surface area contributed by atoms with E-state index in [1.807, 2.05) is 0 Å². The van der Waals surface area contributed by atoms with Crippen LogP contribution >= 0.6 is 0 Å². The molecule has 0 unspecified atom stereocenters. The van der Waals surface area contributed by atoms with Crippen molar-refractivity contribution in [2.75, 3.05) is 7.11 Å². The Morgan fingerprint density at radius 2 is 2.06 bits per heavy atom. The lowest BCUT2D eigenvalue weighted by molar-refractivity contribution is -0.390. The van der Waals surface area contributed by atoms with Crippen molar-refractivity contribution in [2.45, 2.75) is 38.0 Å². The van der Waals surface area contributed by atoms with Gasteiger partial charge in [0, 0.05) is 12.8 Å². The summed E-state index contributed by atoms with van der Waals surface area (Å²) < 4.78 is 9.84. The van der Waals surface area contributed by atoms with Crippen molar-refractivity contribution in [1.29, 1.82) is 0 Å². The average Bonchev–Trinajstić information content (AvgIpc) is 3.43. The van der Waals surface area contributed by atoms with Crippen LogP contribution in [0.4, 0.5) is 10.6 Å². The molecule has 1 aliphatic heterocycles. The third-order valence-electron chi connectivity index (χ3n) is 4.99. The van der Waals surface area contributed by atoms with Crippen molar-refractivity contribution >= 4 is 29.7 Å². The molecule has 2 aromatic rings. The number of imide groups is 1. The molecule has 33 heavy (non-hydrogen) atoms. The molecule has 0 spiro atoms. The number of amides is 3. The maximum atomic E-state index is 12.9. The molecule has 2 heterocycles. The molecular weight excluding hydrogens is 438 g/mol. The molecule has 3 amide bonds. The van der Waals surface area contributed by atoms with Gasteiger partial charge in [0.1, 0.15) is 24.4 Å². The second kappa shape index (κ2) is 10.3. The molecule has 2 N–H and O–H groups in total. The number of methoxy groups -OCH3 is 1. The number of nitrogens with zero attached hydrogens (tertiary/aromatic N) is 3. The number of rotatable bonds is 8. The van der Waals surface area contributed by atoms with Crippen LogP contribution in [0.2, 0.25) is 0 Å². The van der Waals surface area contributed by atoms with Crippen molar-refractivity contribution in [2.24, 2.45) is 0 Å². The lowest BCUT2D eigenvalue weighted by Gasteiger charge is -2.24. The molecule has 13 heteroatoms. The number of imidazole rings is 1. The Hall–Kier alpha value is -4.29. The smallest absolute Gasteiger partial charge is 0.417 e. The fourth-order valence-corrected chi connectivity index (χ4v) is 3.37. The van der Waals surface area contributed by atoms with Crippen molar-refractivity contribution in [3.8, 4) is 0 Å². The number of likely N-dealkylation sites (tertiary alicyclic amines) is 1. The molecule has 0 bridgehead atoms. The Morgan fingerprint density at radius 3 is 2.73 bits per heavy atom. The number of esters is 1. The maximum Gasteiger partial charge on any atom is 0.417 e. The summed E-state index contributed by atoms with van der Waals surface area (Å²) in [5.74, 6) is -2.69. The summed E-state index contributed by atoms with van der Waals surface area (Å²) in [6.45, 7) is -0.0919. The topological polar surface area (TPSA) is 174 Å². The van der Waals surface area contributed by atoms with Gasteiger partial charge in [-0.1, -0.05) is 30.3 Å². The first-order chi connectivity index (χ1) is 15.8. The zero-order chi connectivity index (χ0) is 24.0. The van der Waals surface area contributed by atoms with Gasteiger partial charge < -0.3 is 24.9 Å². The zero-order valence-electron chi connectivity index (χ0n) is 17.6. The quantitative estimate of drug-likeness (QED) is 0.329. The predicted octanol–water partition coefficient (Wildman–Crippen LogP) is 0.846. The SMILES string of the molecule is COC(=O)[C@H](Cc1nc[nH]c1[N+](=O)[O-])NC(=O)[C@@H]1CCC(=O)N1C(=O)OCc1ccccc1. The van der Waals surface area contributed by atoms with E-state index in [0.717, 1.165) is 13.4 Å². The van der Waals surface area contributed by atoms with Crippen LogP contribution in [0.1, 0.15) is 24.1 Å². The van der Waals surface area contributed by atoms with Crippen molar-refractivity contribution in [1.82, 2.24) is 20.2 Å². The van der Waals surface area contributed by atoms with Crippen molar-refractivity contribution in [3.63, 3.8) is 0 Å². The average molecular weight is 459 g/mol. The van der Waals surface area contributed by atoms with Gasteiger partial charge in [-0.05, 0) is 16.9 Å². The second-order valence-electron chi connectivity index (χ2n) is 7.10. The lowest BCUT2D eigenvalue weighted by atomic mass is 10.1. The van der Waals surface area contributed by atoms with Gasteiger partial charge in [-0.3, -0.25) is 9.59 Å². The van der Waals surface area contributed by atoms with Crippen LogP contribution in [0.3, 0.4) is 0 Å². The molecular formula is C20H21N5O8. The number of ether oxygens (including phenoxy) is 2. The van der Waals surface area contributed by atoms with Gasteiger partial charge in [0.2, 0.25) is 11.8 Å². The molecule has 13 nitrogen and oxygen atoms in total. The number of carbonyl (C=O) groups is 4. The van der Waals surface area contributed by atoms with Gasteiger partial charge in [-0.2, -0.15) is 0 Å². The van der Waals surface area contributed by atoms with Gasteiger partial charge in [0.15, 0.2) is 6.33 Å². The van der Waals surface area contributed by atoms with Gasteiger partial charge in [-0.15, -0.1) is 0 Å². The summed E-state index contributed by atoms with van der Waals surface area (Å²) >= 11 is 0. The number of hydrogen-bond donors (Lipinski definition) is 2. The second-order valence-corrected chi connectivity index (χ2v) is 7.10. The highest BCUT2D eigenvalue weighted by atomic mass is 16.6. The molecule has 2 atom stereocenters. The molecule has 0 saturated carbocycles. The molecule has 1 aromatic heterocycles. The summed E-state index contributed by atoms with van der Waals surface area (Å²) in [4.78, 5) is 67.1. The van der Waals surface area contributed by atoms with Gasteiger partial charge in [0.05, 0.1) is 7.11 Å². The maximum absolute atomic E-state index is 12.9. The zero-order valence-corrected chi connectivity index (χ0v) is 17.6. The van der Waals surface area contributed by atoms with E-state index in [1.54, 1.807) is 30.3 Å². The molecule has 1 aromatic carbocycles. The first kappa shape index (κ1) is 23.4. The minimum atomic E-state index is -1.33. The molecule has 1 saturated heterocycles. The van der Waals surface area contributed by atoms with E-state index < -0.39 is 46.7 Å². The number of H-pyrrole nitrogens is 1. The van der Waals surface area contributed by atoms with Crippen LogP contribution in [0.5, 0.6) is 0 Å². The first-order valence-electron chi connectivity index (χ1n) is 9.89. The highest BCUT2D eigenvalue weighted by molar-refractivity contribution is 6.01. The third kappa shape index (κ3) is 5.50. The number of nitro groups is 1. The Balaban J connectivity index is 1.70. The van der Waals surface area contributed by atoms with Gasteiger partial charge >= 0.3 is 17.9 Å². The molecule has 0 aliphatic carbocycles. The molecule has 1 aliphatic rings. The monoisotopic (exact) mass is 459 g/mol. The van der Waals surface area contributed by atoms with Crippen LogP contribution in [0, 0.1) is 10.1 Å². The largest absolute Gasteiger partial charge is 0.467 e. The Bertz CT molecular complexity index is 1050. The third-order valence-corrected chi connectivity index (χ3v) is 4.99. The number of hydrogen-bond acceptors (Lipinski definition) is 9. The summed E-state index contributed by atoms with van der Waals surface area (Å²) in [5, 5.41) is 13.5. The predicted molar refractivity (Wildman–Crippen MR) is 109 cm³/mol. The molecule has 0 radical (unpaired) electrons. The van der Waals surface area contributed by atoms with Crippen LogP contribution < -0.4 is 5.32 Å². The number of aromatic nitrogens is 2. The molecule has 174 valence electrons. The van der Waals surface area contributed by atoms with Gasteiger partial charge in [0.25, 0.3) is 0 Å². The summed E-state index contributed by atoms with van der Waals surface area (Å²) in [5.41, 5.74) is 0.627. The van der Waals surface area contributed by atoms with E-state index >= 15 is 0 Å². The highest BCUT2D eigenvalue weighted by Crippen LogP contribution is 2.21. The van der Waals surface area contributed by atoms with Crippen LogP contribution in [-0.4, -0.2) is 62.9 Å². The Labute approximate surface area is 187 Å². The summed E-state index contributed by atoms with van der Waals surface area (Å²) in [7, 11) is 1.09. The lowest BCUT2D eigenvalue weighted by Crippen LogP contribution is -2.52. The highest BCUT2D eigenvalue weighted by Gasteiger charge is 2.42. The van der Waals surface area contributed by atoms with Crippen LogP contribution in [0.25, 0.3) is 0 Å². The molecule has 1 fully saturated rings. The van der Waals surface area contributed by atoms with E-state index in [4.69, 9.17) is 4.74 Å². The minimum Gasteiger partial charge on any atom is -0.467 e. The number of aromatic amines is 1. The van der Waals surface area contributed by atoms with Crippen molar-refractivity contribution in [3.05, 3.63) is 58.0 Å². The Morgan fingerprint density at radius 1 is 1.33 bits per heavy atom. The van der Waals surface area contributed by atoms with E-state index in [0.29, 0.717) is 10.5 Å². The normalized spacial score (nSPS) is 16.2. The van der Waals surface area contributed by atoms with E-state index in [2.05, 4.69) is 20.0 Å². The number of benzene rings is 1. The van der Waals surface area contributed by atoms with E-state index in [9.17, 15) is 29.3 Å². The minimum absolute atomic E-state index is 0.0293. The van der Waals surface area contributed by atoms with Crippen LogP contribution in [0.15, 0.2) is 36.7 Å². The Kier molecular flexibility index (Phi) is 7.33. The molecule has 3 rings (SSSR count). The summed E-state index contributed by atoms with van der Waals surface area (Å²) in [6, 6.07) is 6.25. The number of carbonyl (C=O) groups excluding carboxylic acids is 4. The number of nitrogens with one attached hydrogen (secondary N) is 2. The fraction of sp³-hybridized carbons (Fsp3) is 0.350. The summed E-state index contributed by atoms with van der Waals surface area (Å²) in [6.07, 6.45) is -0.270. The standard InChI is InChI=1S/C20H21N5O8/c1-32-19(28)14(9-13-17(25(30)31)22-11-21-13)23-18(27)15-7-8-16(26)24(15)20(29)33-10-12-5-3-2-4-6-12/h2-6,11,14-15H,7-10H2,1H3,(H,21,22)(H,23,27)/t14-,15-/m0/s1. The van der Waals surface area contributed by atoms with E-state index in [1.165, 1.54) is 0 Å². The van der Waals surface area contributed by atoms with Crippen molar-refractivity contribution < 1.29 is 33.6 Å². The first-order valence-corrected chi connectivity index (χ1v) is 9.89.